The second-order valence-electron chi connectivity index (χ2n) is 4.32. The van der Waals surface area contributed by atoms with Crippen molar-refractivity contribution in [2.24, 2.45) is 5.92 Å². The molecule has 0 fully saturated rings. The Labute approximate surface area is 120 Å². The fourth-order valence-corrected chi connectivity index (χ4v) is 2.08. The number of amides is 1. The number of nitrogen functional groups attached to an aromatic ring is 1. The third kappa shape index (κ3) is 4.90. The summed E-state index contributed by atoms with van der Waals surface area (Å²) in [6.07, 6.45) is 0.750. The SMILES string of the molecule is CCC(CNC(=O)c1cc(N)ccc1Br)CC(=O)O. The van der Waals surface area contributed by atoms with Gasteiger partial charge in [0.2, 0.25) is 0 Å². The molecule has 1 aromatic carbocycles. The van der Waals surface area contributed by atoms with Crippen LogP contribution in [0.5, 0.6) is 0 Å². The summed E-state index contributed by atoms with van der Waals surface area (Å²) in [6, 6.07) is 4.98. The van der Waals surface area contributed by atoms with Crippen LogP contribution in [0.4, 0.5) is 5.69 Å². The summed E-state index contributed by atoms with van der Waals surface area (Å²) in [5.41, 5.74) is 6.59. The van der Waals surface area contributed by atoms with Crippen molar-refractivity contribution in [1.29, 1.82) is 0 Å². The van der Waals surface area contributed by atoms with Crippen molar-refractivity contribution in [3.05, 3.63) is 28.2 Å². The van der Waals surface area contributed by atoms with E-state index in [1.807, 2.05) is 6.92 Å². The standard InChI is InChI=1S/C13H17BrN2O3/c1-2-8(5-12(17)18)7-16-13(19)10-6-9(15)3-4-11(10)14/h3-4,6,8H,2,5,7,15H2,1H3,(H,16,19)(H,17,18). The van der Waals surface area contributed by atoms with Crippen LogP contribution in [0.1, 0.15) is 30.1 Å². The first-order chi connectivity index (χ1) is 8.93. The van der Waals surface area contributed by atoms with E-state index in [1.165, 1.54) is 0 Å². The number of carboxylic acids is 1. The van der Waals surface area contributed by atoms with Crippen LogP contribution >= 0.6 is 15.9 Å². The summed E-state index contributed by atoms with van der Waals surface area (Å²) in [7, 11) is 0. The first-order valence-corrected chi connectivity index (χ1v) is 6.78. The van der Waals surface area contributed by atoms with Crippen LogP contribution in [-0.4, -0.2) is 23.5 Å². The van der Waals surface area contributed by atoms with Gasteiger partial charge in [-0.2, -0.15) is 0 Å². The smallest absolute Gasteiger partial charge is 0.303 e. The van der Waals surface area contributed by atoms with Crippen molar-refractivity contribution >= 4 is 33.5 Å². The zero-order chi connectivity index (χ0) is 14.4. The van der Waals surface area contributed by atoms with Crippen LogP contribution in [0, 0.1) is 5.92 Å². The number of hydrogen-bond donors (Lipinski definition) is 3. The van der Waals surface area contributed by atoms with Gasteiger partial charge < -0.3 is 16.2 Å². The van der Waals surface area contributed by atoms with Gasteiger partial charge in [-0.15, -0.1) is 0 Å². The molecule has 0 aliphatic carbocycles. The summed E-state index contributed by atoms with van der Waals surface area (Å²) in [6.45, 7) is 2.24. The van der Waals surface area contributed by atoms with E-state index in [1.54, 1.807) is 18.2 Å². The molecule has 4 N–H and O–H groups in total. The number of carbonyl (C=O) groups is 2. The average molecular weight is 329 g/mol. The molecule has 104 valence electrons. The van der Waals surface area contributed by atoms with E-state index in [2.05, 4.69) is 21.2 Å². The van der Waals surface area contributed by atoms with E-state index < -0.39 is 5.97 Å². The molecule has 0 aliphatic heterocycles. The fraction of sp³-hybridized carbons (Fsp3) is 0.385. The molecule has 19 heavy (non-hydrogen) atoms. The molecule has 6 heteroatoms. The molecule has 1 atom stereocenters. The molecule has 0 spiro atoms. The quantitative estimate of drug-likeness (QED) is 0.698. The molecule has 0 saturated heterocycles. The zero-order valence-electron chi connectivity index (χ0n) is 10.6. The normalized spacial score (nSPS) is 11.9. The highest BCUT2D eigenvalue weighted by molar-refractivity contribution is 9.10. The second kappa shape index (κ2) is 7.13. The predicted molar refractivity (Wildman–Crippen MR) is 76.9 cm³/mol. The highest BCUT2D eigenvalue weighted by Gasteiger charge is 2.15. The van der Waals surface area contributed by atoms with Gasteiger partial charge in [0.15, 0.2) is 0 Å². The maximum atomic E-state index is 12.0. The minimum Gasteiger partial charge on any atom is -0.481 e. The van der Waals surface area contributed by atoms with Crippen molar-refractivity contribution in [2.75, 3.05) is 12.3 Å². The minimum absolute atomic E-state index is 0.0505. The molecule has 5 nitrogen and oxygen atoms in total. The molecular weight excluding hydrogens is 312 g/mol. The maximum Gasteiger partial charge on any atom is 0.303 e. The van der Waals surface area contributed by atoms with E-state index in [-0.39, 0.29) is 18.2 Å². The Morgan fingerprint density at radius 1 is 1.47 bits per heavy atom. The predicted octanol–water partition coefficient (Wildman–Crippen LogP) is 2.26. The van der Waals surface area contributed by atoms with Gasteiger partial charge in [-0.25, -0.2) is 0 Å². The monoisotopic (exact) mass is 328 g/mol. The first kappa shape index (κ1) is 15.5. The Kier molecular flexibility index (Phi) is 5.82. The number of aliphatic carboxylic acids is 1. The van der Waals surface area contributed by atoms with Crippen LogP contribution in [0.15, 0.2) is 22.7 Å². The highest BCUT2D eigenvalue weighted by atomic mass is 79.9. The molecule has 0 heterocycles. The first-order valence-electron chi connectivity index (χ1n) is 5.99. The summed E-state index contributed by atoms with van der Waals surface area (Å²) in [5.74, 6) is -1.18. The average Bonchev–Trinajstić information content (AvgIpc) is 2.36. The lowest BCUT2D eigenvalue weighted by molar-refractivity contribution is -0.138. The molecular formula is C13H17BrN2O3. The van der Waals surface area contributed by atoms with Crippen molar-refractivity contribution in [3.8, 4) is 0 Å². The topological polar surface area (TPSA) is 92.4 Å². The van der Waals surface area contributed by atoms with E-state index in [0.29, 0.717) is 28.7 Å². The van der Waals surface area contributed by atoms with Gasteiger partial charge >= 0.3 is 5.97 Å². The number of carbonyl (C=O) groups excluding carboxylic acids is 1. The highest BCUT2D eigenvalue weighted by Crippen LogP contribution is 2.19. The third-order valence-corrected chi connectivity index (χ3v) is 3.52. The van der Waals surface area contributed by atoms with E-state index in [4.69, 9.17) is 10.8 Å². The van der Waals surface area contributed by atoms with Gasteiger partial charge in [-0.3, -0.25) is 9.59 Å². The molecule has 0 radical (unpaired) electrons. The van der Waals surface area contributed by atoms with Gasteiger partial charge in [-0.1, -0.05) is 13.3 Å². The largest absolute Gasteiger partial charge is 0.481 e. The summed E-state index contributed by atoms with van der Waals surface area (Å²) in [5, 5.41) is 11.5. The number of rotatable bonds is 6. The number of nitrogens with one attached hydrogen (secondary N) is 1. The van der Waals surface area contributed by atoms with Crippen LogP contribution in [-0.2, 0) is 4.79 Å². The van der Waals surface area contributed by atoms with Gasteiger partial charge in [-0.05, 0) is 40.0 Å². The van der Waals surface area contributed by atoms with E-state index in [9.17, 15) is 9.59 Å². The Morgan fingerprint density at radius 3 is 2.74 bits per heavy atom. The van der Waals surface area contributed by atoms with Crippen molar-refractivity contribution in [3.63, 3.8) is 0 Å². The fourth-order valence-electron chi connectivity index (χ4n) is 1.66. The summed E-state index contributed by atoms with van der Waals surface area (Å²) < 4.78 is 0.658. The Bertz CT molecular complexity index is 477. The van der Waals surface area contributed by atoms with Gasteiger partial charge in [0.1, 0.15) is 0 Å². The number of benzene rings is 1. The Balaban J connectivity index is 2.64. The van der Waals surface area contributed by atoms with Crippen LogP contribution in [0.25, 0.3) is 0 Å². The van der Waals surface area contributed by atoms with E-state index in [0.717, 1.165) is 0 Å². The second-order valence-corrected chi connectivity index (χ2v) is 5.18. The summed E-state index contributed by atoms with van der Waals surface area (Å²) in [4.78, 5) is 22.6. The number of hydrogen-bond acceptors (Lipinski definition) is 3. The molecule has 0 bridgehead atoms. The lowest BCUT2D eigenvalue weighted by Gasteiger charge is -2.14. The molecule has 1 aromatic rings. The van der Waals surface area contributed by atoms with Gasteiger partial charge in [0.05, 0.1) is 5.56 Å². The maximum absolute atomic E-state index is 12.0. The Morgan fingerprint density at radius 2 is 2.16 bits per heavy atom. The molecule has 1 amide bonds. The molecule has 1 unspecified atom stereocenters. The van der Waals surface area contributed by atoms with Crippen molar-refractivity contribution in [2.45, 2.75) is 19.8 Å². The van der Waals surface area contributed by atoms with Gasteiger partial charge in [0.25, 0.3) is 5.91 Å². The summed E-state index contributed by atoms with van der Waals surface area (Å²) >= 11 is 3.28. The molecule has 0 saturated carbocycles. The van der Waals surface area contributed by atoms with Crippen LogP contribution < -0.4 is 11.1 Å². The van der Waals surface area contributed by atoms with E-state index >= 15 is 0 Å². The Hall–Kier alpha value is -1.56. The van der Waals surface area contributed by atoms with Crippen LogP contribution in [0.3, 0.4) is 0 Å². The van der Waals surface area contributed by atoms with Crippen LogP contribution in [0.2, 0.25) is 0 Å². The molecule has 0 aromatic heterocycles. The number of halogens is 1. The lowest BCUT2D eigenvalue weighted by Crippen LogP contribution is -2.30. The number of carboxylic acid groups (broad SMARTS) is 1. The third-order valence-electron chi connectivity index (χ3n) is 2.83. The zero-order valence-corrected chi connectivity index (χ0v) is 12.2. The van der Waals surface area contributed by atoms with Gasteiger partial charge in [0, 0.05) is 23.1 Å². The minimum atomic E-state index is -0.855. The van der Waals surface area contributed by atoms with Crippen molar-refractivity contribution in [1.82, 2.24) is 5.32 Å². The molecule has 0 aliphatic rings. The lowest BCUT2D eigenvalue weighted by atomic mass is 10.0. The number of anilines is 1. The molecule has 1 rings (SSSR count). The van der Waals surface area contributed by atoms with Crippen molar-refractivity contribution < 1.29 is 14.7 Å². The number of nitrogens with two attached hydrogens (primary N) is 1.